The average Bonchev–Trinajstić information content (AvgIpc) is 2.87. The predicted octanol–water partition coefficient (Wildman–Crippen LogP) is 8.67. The number of hydrogen-bond donors (Lipinski definition) is 0. The maximum atomic E-state index is 6.48. The second kappa shape index (κ2) is 9.44. The van der Waals surface area contributed by atoms with Gasteiger partial charge in [-0.25, -0.2) is 9.78 Å². The second-order valence-corrected chi connectivity index (χ2v) is 8.69. The van der Waals surface area contributed by atoms with E-state index in [0.29, 0.717) is 0 Å². The standard InChI is InChI=1S/C30H34O2/c1-5-29(6-2,27-19-17-23-13-9-11-15-25(23)21-27)31-32-30(7-3,8-4)28-20-18-24-14-10-12-16-26(24)22-28/h9-22H,5-8H2,1-4H3. The van der Waals surface area contributed by atoms with Crippen LogP contribution in [0.25, 0.3) is 21.5 Å². The van der Waals surface area contributed by atoms with E-state index >= 15 is 0 Å². The zero-order valence-electron chi connectivity index (χ0n) is 19.7. The van der Waals surface area contributed by atoms with Gasteiger partial charge in [0.2, 0.25) is 0 Å². The van der Waals surface area contributed by atoms with Gasteiger partial charge in [-0.15, -0.1) is 0 Å². The smallest absolute Gasteiger partial charge is 0.128 e. The quantitative estimate of drug-likeness (QED) is 0.197. The van der Waals surface area contributed by atoms with Gasteiger partial charge in [0.15, 0.2) is 0 Å². The van der Waals surface area contributed by atoms with E-state index in [1.807, 2.05) is 0 Å². The van der Waals surface area contributed by atoms with Crippen LogP contribution in [0.3, 0.4) is 0 Å². The van der Waals surface area contributed by atoms with E-state index in [4.69, 9.17) is 9.78 Å². The third-order valence-electron chi connectivity index (χ3n) is 7.20. The average molecular weight is 427 g/mol. The Hall–Kier alpha value is -2.68. The summed E-state index contributed by atoms with van der Waals surface area (Å²) < 4.78 is 0. The van der Waals surface area contributed by atoms with Gasteiger partial charge in [-0.1, -0.05) is 100 Å². The molecule has 0 bridgehead atoms. The minimum Gasteiger partial charge on any atom is -0.224 e. The van der Waals surface area contributed by atoms with Crippen molar-refractivity contribution in [2.75, 3.05) is 0 Å². The Morgan fingerprint density at radius 3 is 1.16 bits per heavy atom. The van der Waals surface area contributed by atoms with Crippen molar-refractivity contribution in [1.82, 2.24) is 0 Å². The molecule has 0 N–H and O–H groups in total. The molecule has 0 aliphatic heterocycles. The molecular formula is C30H34O2. The van der Waals surface area contributed by atoms with Crippen molar-refractivity contribution in [3.63, 3.8) is 0 Å². The molecule has 0 unspecified atom stereocenters. The summed E-state index contributed by atoms with van der Waals surface area (Å²) >= 11 is 0. The molecule has 0 fully saturated rings. The van der Waals surface area contributed by atoms with Gasteiger partial charge in [-0.3, -0.25) is 0 Å². The van der Waals surface area contributed by atoms with Crippen LogP contribution in [0, 0.1) is 0 Å². The first kappa shape index (κ1) is 22.5. The van der Waals surface area contributed by atoms with Crippen LogP contribution in [0.4, 0.5) is 0 Å². The summed E-state index contributed by atoms with van der Waals surface area (Å²) in [6, 6.07) is 30.2. The van der Waals surface area contributed by atoms with Gasteiger partial charge in [0.05, 0.1) is 0 Å². The molecule has 0 amide bonds. The Kier molecular flexibility index (Phi) is 6.64. The summed E-state index contributed by atoms with van der Waals surface area (Å²) in [4.78, 5) is 13.0. The third-order valence-corrected chi connectivity index (χ3v) is 7.20. The summed E-state index contributed by atoms with van der Waals surface area (Å²) in [6.45, 7) is 8.71. The summed E-state index contributed by atoms with van der Waals surface area (Å²) in [7, 11) is 0. The third kappa shape index (κ3) is 4.05. The first-order valence-electron chi connectivity index (χ1n) is 11.9. The molecule has 166 valence electrons. The molecule has 0 aromatic heterocycles. The molecule has 4 rings (SSSR count). The van der Waals surface area contributed by atoms with Crippen molar-refractivity contribution in [2.45, 2.75) is 64.6 Å². The van der Waals surface area contributed by atoms with Crippen LogP contribution in [-0.4, -0.2) is 0 Å². The lowest BCUT2D eigenvalue weighted by Gasteiger charge is -2.38. The highest BCUT2D eigenvalue weighted by Crippen LogP contribution is 2.41. The zero-order chi connectivity index (χ0) is 22.6. The lowest BCUT2D eigenvalue weighted by Crippen LogP contribution is -2.36. The van der Waals surface area contributed by atoms with Crippen molar-refractivity contribution >= 4 is 21.5 Å². The molecule has 0 saturated heterocycles. The van der Waals surface area contributed by atoms with Gasteiger partial charge in [0.25, 0.3) is 0 Å². The lowest BCUT2D eigenvalue weighted by atomic mass is 9.86. The largest absolute Gasteiger partial charge is 0.224 e. The van der Waals surface area contributed by atoms with Gasteiger partial charge in [0.1, 0.15) is 11.2 Å². The topological polar surface area (TPSA) is 18.5 Å². The van der Waals surface area contributed by atoms with Gasteiger partial charge >= 0.3 is 0 Å². The number of rotatable bonds is 9. The maximum absolute atomic E-state index is 6.48. The summed E-state index contributed by atoms with van der Waals surface area (Å²) in [5.74, 6) is 0. The van der Waals surface area contributed by atoms with Crippen LogP contribution in [-0.2, 0) is 21.0 Å². The number of hydrogen-bond acceptors (Lipinski definition) is 2. The predicted molar refractivity (Wildman–Crippen MR) is 135 cm³/mol. The van der Waals surface area contributed by atoms with Gasteiger partial charge < -0.3 is 0 Å². The van der Waals surface area contributed by atoms with Crippen molar-refractivity contribution in [3.05, 3.63) is 96.1 Å². The molecule has 32 heavy (non-hydrogen) atoms. The van der Waals surface area contributed by atoms with Crippen LogP contribution in [0.2, 0.25) is 0 Å². The van der Waals surface area contributed by atoms with Crippen LogP contribution in [0.15, 0.2) is 84.9 Å². The lowest BCUT2D eigenvalue weighted by molar-refractivity contribution is -0.427. The van der Waals surface area contributed by atoms with E-state index in [2.05, 4.69) is 113 Å². The Balaban J connectivity index is 1.69. The monoisotopic (exact) mass is 426 g/mol. The maximum Gasteiger partial charge on any atom is 0.128 e. The Labute approximate surface area is 192 Å². The van der Waals surface area contributed by atoms with E-state index < -0.39 is 11.2 Å². The molecule has 4 aromatic carbocycles. The molecule has 0 aliphatic carbocycles. The Morgan fingerprint density at radius 2 is 0.812 bits per heavy atom. The Morgan fingerprint density at radius 1 is 0.469 bits per heavy atom. The minimum atomic E-state index is -0.490. The van der Waals surface area contributed by atoms with Crippen LogP contribution in [0.5, 0.6) is 0 Å². The van der Waals surface area contributed by atoms with Crippen LogP contribution < -0.4 is 0 Å². The molecule has 0 radical (unpaired) electrons. The van der Waals surface area contributed by atoms with Crippen molar-refractivity contribution in [1.29, 1.82) is 0 Å². The molecule has 2 heteroatoms. The van der Waals surface area contributed by atoms with E-state index in [1.165, 1.54) is 32.7 Å². The molecule has 4 aromatic rings. The Bertz CT molecular complexity index is 1090. The highest BCUT2D eigenvalue weighted by Gasteiger charge is 2.38. The van der Waals surface area contributed by atoms with E-state index in [9.17, 15) is 0 Å². The van der Waals surface area contributed by atoms with Crippen LogP contribution >= 0.6 is 0 Å². The molecule has 0 spiro atoms. The first-order chi connectivity index (χ1) is 15.6. The van der Waals surface area contributed by atoms with Gasteiger partial charge in [0, 0.05) is 0 Å². The fraction of sp³-hybridized carbons (Fsp3) is 0.333. The van der Waals surface area contributed by atoms with Crippen molar-refractivity contribution in [3.8, 4) is 0 Å². The number of fused-ring (bicyclic) bond motifs is 2. The summed E-state index contributed by atoms with van der Waals surface area (Å²) in [5.41, 5.74) is 1.36. The zero-order valence-corrected chi connectivity index (χ0v) is 19.7. The fourth-order valence-corrected chi connectivity index (χ4v) is 4.75. The highest BCUT2D eigenvalue weighted by atomic mass is 17.2. The SMILES string of the molecule is CCC(CC)(OOC(CC)(CC)c1ccc2ccccc2c1)c1ccc2ccccc2c1. The molecule has 2 nitrogen and oxygen atoms in total. The fourth-order valence-electron chi connectivity index (χ4n) is 4.75. The summed E-state index contributed by atoms with van der Waals surface area (Å²) in [5, 5.41) is 4.94. The first-order valence-corrected chi connectivity index (χ1v) is 11.9. The minimum absolute atomic E-state index is 0.490. The van der Waals surface area contributed by atoms with E-state index in [1.54, 1.807) is 0 Å². The van der Waals surface area contributed by atoms with Gasteiger partial charge in [-0.05, 0) is 70.5 Å². The van der Waals surface area contributed by atoms with Crippen molar-refractivity contribution < 1.29 is 9.78 Å². The van der Waals surface area contributed by atoms with Crippen molar-refractivity contribution in [2.24, 2.45) is 0 Å². The highest BCUT2D eigenvalue weighted by molar-refractivity contribution is 5.84. The molecule has 0 heterocycles. The summed E-state index contributed by atoms with van der Waals surface area (Å²) in [6.07, 6.45) is 3.35. The second-order valence-electron chi connectivity index (χ2n) is 8.69. The normalized spacial score (nSPS) is 12.5. The number of benzene rings is 4. The molecule has 0 saturated carbocycles. The van der Waals surface area contributed by atoms with Crippen LogP contribution in [0.1, 0.15) is 64.5 Å². The van der Waals surface area contributed by atoms with Gasteiger partial charge in [-0.2, -0.15) is 0 Å². The van der Waals surface area contributed by atoms with E-state index in [0.717, 1.165) is 25.7 Å². The molecular weight excluding hydrogens is 392 g/mol. The molecule has 0 atom stereocenters. The molecule has 0 aliphatic rings. The van der Waals surface area contributed by atoms with E-state index in [-0.39, 0.29) is 0 Å².